The van der Waals surface area contributed by atoms with Gasteiger partial charge in [-0.05, 0) is 30.7 Å². The summed E-state index contributed by atoms with van der Waals surface area (Å²) < 4.78 is 25.9. The maximum Gasteiger partial charge on any atom is 0.180 e. The van der Waals surface area contributed by atoms with Gasteiger partial charge in [0.25, 0.3) is 0 Å². The highest BCUT2D eigenvalue weighted by atomic mass is 35.5. The molecule has 108 valence electrons. The van der Waals surface area contributed by atoms with E-state index in [0.29, 0.717) is 17.3 Å². The summed E-state index contributed by atoms with van der Waals surface area (Å²) in [7, 11) is -3.38. The molecule has 0 radical (unpaired) electrons. The predicted molar refractivity (Wildman–Crippen MR) is 77.3 cm³/mol. The molecule has 2 aromatic rings. The maximum absolute atomic E-state index is 12.2. The lowest BCUT2D eigenvalue weighted by Crippen LogP contribution is -2.16. The van der Waals surface area contributed by atoms with Gasteiger partial charge in [0.15, 0.2) is 15.7 Å². The van der Waals surface area contributed by atoms with Gasteiger partial charge >= 0.3 is 0 Å². The van der Waals surface area contributed by atoms with Crippen molar-refractivity contribution in [3.8, 4) is 0 Å². The zero-order valence-corrected chi connectivity index (χ0v) is 12.5. The first-order chi connectivity index (χ1) is 9.44. The number of anilines is 1. The van der Waals surface area contributed by atoms with E-state index in [9.17, 15) is 8.42 Å². The molecule has 0 aliphatic carbocycles. The third-order valence-electron chi connectivity index (χ3n) is 2.95. The number of rotatable bonds is 5. The Labute approximate surface area is 122 Å². The number of halogens is 1. The van der Waals surface area contributed by atoms with Crippen molar-refractivity contribution >= 4 is 27.3 Å². The molecule has 0 amide bonds. The van der Waals surface area contributed by atoms with Crippen LogP contribution in [0.4, 0.5) is 5.82 Å². The number of nitrogens with zero attached hydrogens (tertiary/aromatic N) is 3. The smallest absolute Gasteiger partial charge is 0.180 e. The van der Waals surface area contributed by atoms with Crippen LogP contribution in [-0.2, 0) is 22.8 Å². The van der Waals surface area contributed by atoms with Gasteiger partial charge in [-0.3, -0.25) is 0 Å². The van der Waals surface area contributed by atoms with Crippen LogP contribution in [0.25, 0.3) is 0 Å². The minimum Gasteiger partial charge on any atom is -0.381 e. The van der Waals surface area contributed by atoms with Crippen LogP contribution in [-0.4, -0.2) is 29.2 Å². The summed E-state index contributed by atoms with van der Waals surface area (Å²) in [6, 6.07) is 6.10. The largest absolute Gasteiger partial charge is 0.381 e. The second-order valence-electron chi connectivity index (χ2n) is 4.27. The molecule has 8 heteroatoms. The van der Waals surface area contributed by atoms with Crippen LogP contribution in [0.1, 0.15) is 12.6 Å². The summed E-state index contributed by atoms with van der Waals surface area (Å²) >= 11 is 5.75. The Kier molecular flexibility index (Phi) is 4.29. The SMILES string of the molecule is CCc1c(N)nnn1CCS(=O)(=O)c1ccc(Cl)cc1. The molecular weight excluding hydrogens is 300 g/mol. The van der Waals surface area contributed by atoms with E-state index in [1.54, 1.807) is 12.1 Å². The lowest BCUT2D eigenvalue weighted by Gasteiger charge is -2.07. The number of aromatic nitrogens is 3. The topological polar surface area (TPSA) is 90.9 Å². The predicted octanol–water partition coefficient (Wildman–Crippen LogP) is 1.55. The summed E-state index contributed by atoms with van der Waals surface area (Å²) in [4.78, 5) is 0.244. The summed E-state index contributed by atoms with van der Waals surface area (Å²) in [5, 5.41) is 8.11. The van der Waals surface area contributed by atoms with Crippen molar-refractivity contribution in [2.24, 2.45) is 0 Å². The first-order valence-corrected chi connectivity index (χ1v) is 8.13. The van der Waals surface area contributed by atoms with E-state index in [1.807, 2.05) is 6.92 Å². The molecule has 0 fully saturated rings. The minimum atomic E-state index is -3.38. The fourth-order valence-corrected chi connectivity index (χ4v) is 3.18. The zero-order valence-electron chi connectivity index (χ0n) is 11.0. The van der Waals surface area contributed by atoms with E-state index < -0.39 is 9.84 Å². The summed E-state index contributed by atoms with van der Waals surface area (Å²) in [6.07, 6.45) is 0.653. The number of nitrogen functional groups attached to an aromatic ring is 1. The van der Waals surface area contributed by atoms with Crippen LogP contribution in [0.15, 0.2) is 29.2 Å². The van der Waals surface area contributed by atoms with Crippen LogP contribution in [0.5, 0.6) is 0 Å². The Morgan fingerprint density at radius 3 is 2.55 bits per heavy atom. The monoisotopic (exact) mass is 314 g/mol. The molecule has 0 unspecified atom stereocenters. The van der Waals surface area contributed by atoms with Gasteiger partial charge < -0.3 is 5.73 Å². The van der Waals surface area contributed by atoms with Gasteiger partial charge in [0.1, 0.15) is 0 Å². The van der Waals surface area contributed by atoms with Gasteiger partial charge in [0, 0.05) is 5.02 Å². The summed E-state index contributed by atoms with van der Waals surface area (Å²) in [6.45, 7) is 2.14. The lowest BCUT2D eigenvalue weighted by atomic mass is 10.3. The molecule has 0 saturated heterocycles. The van der Waals surface area contributed by atoms with Gasteiger partial charge in [-0.25, -0.2) is 13.1 Å². The highest BCUT2D eigenvalue weighted by Gasteiger charge is 2.16. The van der Waals surface area contributed by atoms with Gasteiger partial charge in [-0.2, -0.15) is 0 Å². The van der Waals surface area contributed by atoms with Crippen molar-refractivity contribution in [1.82, 2.24) is 15.0 Å². The van der Waals surface area contributed by atoms with E-state index in [1.165, 1.54) is 16.8 Å². The minimum absolute atomic E-state index is 0.0650. The van der Waals surface area contributed by atoms with Crippen LogP contribution in [0.2, 0.25) is 5.02 Å². The second-order valence-corrected chi connectivity index (χ2v) is 6.82. The van der Waals surface area contributed by atoms with Gasteiger partial charge in [0.05, 0.1) is 22.9 Å². The number of aryl methyl sites for hydroxylation is 1. The molecule has 20 heavy (non-hydrogen) atoms. The highest BCUT2D eigenvalue weighted by molar-refractivity contribution is 7.91. The highest BCUT2D eigenvalue weighted by Crippen LogP contribution is 2.16. The first-order valence-electron chi connectivity index (χ1n) is 6.10. The van der Waals surface area contributed by atoms with Gasteiger partial charge in [-0.15, -0.1) is 5.10 Å². The molecule has 1 aromatic carbocycles. The standard InChI is InChI=1S/C12H15ClN4O2S/c1-2-11-12(14)15-16-17(11)7-8-20(18,19)10-5-3-9(13)4-6-10/h3-6H,2,7-8,14H2,1H3. The molecule has 0 saturated carbocycles. The molecule has 0 atom stereocenters. The summed E-state index contributed by atoms with van der Waals surface area (Å²) in [5.41, 5.74) is 6.41. The van der Waals surface area contributed by atoms with Crippen LogP contribution < -0.4 is 5.73 Å². The zero-order chi connectivity index (χ0) is 14.8. The normalized spacial score (nSPS) is 11.7. The van der Waals surface area contributed by atoms with E-state index in [2.05, 4.69) is 10.3 Å². The Hall–Kier alpha value is -1.60. The molecule has 0 spiro atoms. The molecule has 0 bridgehead atoms. The van der Waals surface area contributed by atoms with Crippen molar-refractivity contribution in [2.75, 3.05) is 11.5 Å². The Morgan fingerprint density at radius 1 is 1.30 bits per heavy atom. The first kappa shape index (κ1) is 14.8. The Balaban J connectivity index is 2.15. The van der Waals surface area contributed by atoms with Crippen LogP contribution >= 0.6 is 11.6 Å². The van der Waals surface area contributed by atoms with Gasteiger partial charge in [-0.1, -0.05) is 23.7 Å². The molecule has 6 nitrogen and oxygen atoms in total. The Bertz CT molecular complexity index is 695. The molecule has 2 N–H and O–H groups in total. The van der Waals surface area contributed by atoms with E-state index in [4.69, 9.17) is 17.3 Å². The maximum atomic E-state index is 12.2. The van der Waals surface area contributed by atoms with Crippen molar-refractivity contribution in [3.05, 3.63) is 35.0 Å². The molecule has 1 heterocycles. The Morgan fingerprint density at radius 2 is 1.95 bits per heavy atom. The molecule has 1 aromatic heterocycles. The number of hydrogen-bond donors (Lipinski definition) is 1. The third kappa shape index (κ3) is 3.10. The fraction of sp³-hybridized carbons (Fsp3) is 0.333. The van der Waals surface area contributed by atoms with E-state index in [-0.39, 0.29) is 17.2 Å². The number of nitrogens with two attached hydrogens (primary N) is 1. The number of sulfone groups is 1. The number of hydrogen-bond acceptors (Lipinski definition) is 5. The average Bonchev–Trinajstić information content (AvgIpc) is 2.77. The van der Waals surface area contributed by atoms with Crippen molar-refractivity contribution in [2.45, 2.75) is 24.8 Å². The molecular formula is C12H15ClN4O2S. The molecule has 0 aliphatic heterocycles. The van der Waals surface area contributed by atoms with Crippen molar-refractivity contribution < 1.29 is 8.42 Å². The summed E-state index contributed by atoms with van der Waals surface area (Å²) in [5.74, 6) is 0.279. The molecule has 0 aliphatic rings. The molecule has 2 rings (SSSR count). The fourth-order valence-electron chi connectivity index (χ4n) is 1.86. The van der Waals surface area contributed by atoms with Gasteiger partial charge in [0.2, 0.25) is 0 Å². The lowest BCUT2D eigenvalue weighted by molar-refractivity contribution is 0.566. The van der Waals surface area contributed by atoms with Crippen LogP contribution in [0.3, 0.4) is 0 Å². The van der Waals surface area contributed by atoms with E-state index >= 15 is 0 Å². The van der Waals surface area contributed by atoms with Crippen molar-refractivity contribution in [1.29, 1.82) is 0 Å². The number of benzene rings is 1. The average molecular weight is 315 g/mol. The van der Waals surface area contributed by atoms with Crippen molar-refractivity contribution in [3.63, 3.8) is 0 Å². The van der Waals surface area contributed by atoms with E-state index in [0.717, 1.165) is 5.69 Å². The second kappa shape index (κ2) is 5.80. The quantitative estimate of drug-likeness (QED) is 0.904. The van der Waals surface area contributed by atoms with Crippen LogP contribution in [0, 0.1) is 0 Å². The third-order valence-corrected chi connectivity index (χ3v) is 4.91.